The van der Waals surface area contributed by atoms with E-state index in [1.165, 1.54) is 0 Å². The highest BCUT2D eigenvalue weighted by molar-refractivity contribution is 5.43. The number of hydrogen-bond donors (Lipinski definition) is 1. The first-order valence-corrected chi connectivity index (χ1v) is 6.77. The number of methoxy groups -OCH3 is 1. The number of rotatable bonds is 5. The van der Waals surface area contributed by atoms with Crippen LogP contribution in [0.25, 0.3) is 0 Å². The zero-order valence-electron chi connectivity index (χ0n) is 11.6. The first-order valence-electron chi connectivity index (χ1n) is 6.77. The van der Waals surface area contributed by atoms with E-state index in [4.69, 9.17) is 14.2 Å². The van der Waals surface area contributed by atoms with E-state index in [-0.39, 0.29) is 0 Å². The summed E-state index contributed by atoms with van der Waals surface area (Å²) >= 11 is 0. The molecule has 0 aromatic heterocycles. The highest BCUT2D eigenvalue weighted by Gasteiger charge is 2.16. The van der Waals surface area contributed by atoms with Crippen LogP contribution in [0, 0.1) is 5.92 Å². The largest absolute Gasteiger partial charge is 0.493 e. The maximum Gasteiger partial charge on any atom is 0.161 e. The topological polar surface area (TPSA) is 47.9 Å². The summed E-state index contributed by atoms with van der Waals surface area (Å²) in [5.41, 5.74) is 0.829. The van der Waals surface area contributed by atoms with Crippen molar-refractivity contribution in [3.63, 3.8) is 0 Å². The fraction of sp³-hybridized carbons (Fsp3) is 0.600. The Labute approximate surface area is 114 Å². The Morgan fingerprint density at radius 3 is 2.68 bits per heavy atom. The second-order valence-electron chi connectivity index (χ2n) is 4.95. The van der Waals surface area contributed by atoms with Crippen LogP contribution in [0.3, 0.4) is 0 Å². The standard InChI is InChI=1S/C15H22O4/c1-11(16)13-3-4-14(15(9-13)17-2)19-10-12-5-7-18-8-6-12/h3-4,9,11-12,16H,5-8,10H2,1-2H3/t11-/m0/s1. The van der Waals surface area contributed by atoms with Gasteiger partial charge in [-0.1, -0.05) is 6.07 Å². The summed E-state index contributed by atoms with van der Waals surface area (Å²) < 4.78 is 16.5. The Bertz CT molecular complexity index is 397. The van der Waals surface area contributed by atoms with Gasteiger partial charge in [-0.3, -0.25) is 0 Å². The molecule has 1 aromatic rings. The summed E-state index contributed by atoms with van der Waals surface area (Å²) in [6.07, 6.45) is 1.60. The second-order valence-corrected chi connectivity index (χ2v) is 4.95. The minimum atomic E-state index is -0.501. The molecule has 0 amide bonds. The van der Waals surface area contributed by atoms with Crippen molar-refractivity contribution >= 4 is 0 Å². The van der Waals surface area contributed by atoms with Crippen LogP contribution in [-0.4, -0.2) is 32.0 Å². The van der Waals surface area contributed by atoms with E-state index >= 15 is 0 Å². The lowest BCUT2D eigenvalue weighted by Crippen LogP contribution is -2.21. The monoisotopic (exact) mass is 266 g/mol. The van der Waals surface area contributed by atoms with Gasteiger partial charge in [0.05, 0.1) is 19.8 Å². The molecule has 1 aliphatic rings. The molecule has 1 N–H and O–H groups in total. The Kier molecular flexibility index (Phi) is 5.05. The van der Waals surface area contributed by atoms with E-state index in [9.17, 15) is 5.11 Å². The van der Waals surface area contributed by atoms with Crippen LogP contribution in [0.5, 0.6) is 11.5 Å². The molecule has 1 fully saturated rings. The Hall–Kier alpha value is -1.26. The van der Waals surface area contributed by atoms with Crippen molar-refractivity contribution in [1.82, 2.24) is 0 Å². The smallest absolute Gasteiger partial charge is 0.161 e. The van der Waals surface area contributed by atoms with Crippen LogP contribution < -0.4 is 9.47 Å². The van der Waals surface area contributed by atoms with Gasteiger partial charge in [0.2, 0.25) is 0 Å². The van der Waals surface area contributed by atoms with Crippen LogP contribution in [0.15, 0.2) is 18.2 Å². The van der Waals surface area contributed by atoms with Gasteiger partial charge in [0.1, 0.15) is 0 Å². The number of ether oxygens (including phenoxy) is 3. The molecular formula is C15H22O4. The van der Waals surface area contributed by atoms with Gasteiger partial charge in [0.25, 0.3) is 0 Å². The molecule has 4 nitrogen and oxygen atoms in total. The molecule has 0 bridgehead atoms. The number of benzene rings is 1. The van der Waals surface area contributed by atoms with Crippen LogP contribution in [-0.2, 0) is 4.74 Å². The van der Waals surface area contributed by atoms with Crippen molar-refractivity contribution in [2.75, 3.05) is 26.9 Å². The summed E-state index contributed by atoms with van der Waals surface area (Å²) in [7, 11) is 1.61. The van der Waals surface area contributed by atoms with Gasteiger partial charge in [0.15, 0.2) is 11.5 Å². The molecule has 19 heavy (non-hydrogen) atoms. The molecule has 106 valence electrons. The first kappa shape index (κ1) is 14.2. The molecule has 0 aliphatic carbocycles. The number of aliphatic hydroxyl groups is 1. The highest BCUT2D eigenvalue weighted by atomic mass is 16.5. The van der Waals surface area contributed by atoms with Gasteiger partial charge in [-0.2, -0.15) is 0 Å². The molecule has 1 atom stereocenters. The van der Waals surface area contributed by atoms with Crippen LogP contribution in [0.2, 0.25) is 0 Å². The zero-order valence-corrected chi connectivity index (χ0v) is 11.6. The first-order chi connectivity index (χ1) is 9.20. The molecule has 1 aliphatic heterocycles. The van der Waals surface area contributed by atoms with Gasteiger partial charge < -0.3 is 19.3 Å². The predicted molar refractivity (Wildman–Crippen MR) is 72.7 cm³/mol. The van der Waals surface area contributed by atoms with Gasteiger partial charge in [-0.15, -0.1) is 0 Å². The van der Waals surface area contributed by atoms with Crippen LogP contribution in [0.4, 0.5) is 0 Å². The lowest BCUT2D eigenvalue weighted by Gasteiger charge is -2.22. The Balaban J connectivity index is 1.98. The Morgan fingerprint density at radius 1 is 1.32 bits per heavy atom. The Morgan fingerprint density at radius 2 is 2.05 bits per heavy atom. The van der Waals surface area contributed by atoms with Crippen LogP contribution in [0.1, 0.15) is 31.4 Å². The molecule has 0 radical (unpaired) electrons. The minimum Gasteiger partial charge on any atom is -0.493 e. The van der Waals surface area contributed by atoms with Crippen molar-refractivity contribution in [2.45, 2.75) is 25.9 Å². The number of aliphatic hydroxyl groups excluding tert-OH is 1. The second kappa shape index (κ2) is 6.78. The average Bonchev–Trinajstić information content (AvgIpc) is 2.45. The van der Waals surface area contributed by atoms with E-state index in [1.54, 1.807) is 14.0 Å². The third-order valence-corrected chi connectivity index (χ3v) is 3.49. The highest BCUT2D eigenvalue weighted by Crippen LogP contribution is 2.31. The zero-order chi connectivity index (χ0) is 13.7. The van der Waals surface area contributed by atoms with Crippen molar-refractivity contribution in [3.8, 4) is 11.5 Å². The lowest BCUT2D eigenvalue weighted by atomic mass is 10.0. The maximum absolute atomic E-state index is 9.56. The number of hydrogen-bond acceptors (Lipinski definition) is 4. The summed E-state index contributed by atoms with van der Waals surface area (Å²) in [5.74, 6) is 1.96. The summed E-state index contributed by atoms with van der Waals surface area (Å²) in [5, 5.41) is 9.56. The van der Waals surface area contributed by atoms with Gasteiger partial charge in [-0.05, 0) is 43.4 Å². The quantitative estimate of drug-likeness (QED) is 0.889. The maximum atomic E-state index is 9.56. The molecule has 1 aromatic carbocycles. The van der Waals surface area contributed by atoms with E-state index < -0.39 is 6.10 Å². The van der Waals surface area contributed by atoms with E-state index in [0.717, 1.165) is 37.4 Å². The molecule has 1 heterocycles. The summed E-state index contributed by atoms with van der Waals surface area (Å²) in [6.45, 7) is 4.07. The van der Waals surface area contributed by atoms with E-state index in [1.807, 2.05) is 18.2 Å². The van der Waals surface area contributed by atoms with Crippen molar-refractivity contribution in [3.05, 3.63) is 23.8 Å². The van der Waals surface area contributed by atoms with Crippen molar-refractivity contribution < 1.29 is 19.3 Å². The van der Waals surface area contributed by atoms with Crippen molar-refractivity contribution in [2.24, 2.45) is 5.92 Å². The van der Waals surface area contributed by atoms with Crippen LogP contribution >= 0.6 is 0 Å². The van der Waals surface area contributed by atoms with E-state index in [2.05, 4.69) is 0 Å². The third kappa shape index (κ3) is 3.85. The van der Waals surface area contributed by atoms with Gasteiger partial charge in [-0.25, -0.2) is 0 Å². The molecule has 1 saturated heterocycles. The lowest BCUT2D eigenvalue weighted by molar-refractivity contribution is 0.0493. The minimum absolute atomic E-state index is 0.501. The fourth-order valence-corrected chi connectivity index (χ4v) is 2.18. The van der Waals surface area contributed by atoms with Crippen molar-refractivity contribution in [1.29, 1.82) is 0 Å². The molecular weight excluding hydrogens is 244 g/mol. The molecule has 0 unspecified atom stereocenters. The molecule has 2 rings (SSSR count). The predicted octanol–water partition coefficient (Wildman–Crippen LogP) is 2.55. The molecule has 0 saturated carbocycles. The SMILES string of the molecule is COc1cc([C@H](C)O)ccc1OCC1CCOCC1. The fourth-order valence-electron chi connectivity index (χ4n) is 2.18. The molecule has 0 spiro atoms. The normalized spacial score (nSPS) is 18.1. The average molecular weight is 266 g/mol. The van der Waals surface area contributed by atoms with E-state index in [0.29, 0.717) is 18.3 Å². The van der Waals surface area contributed by atoms with Gasteiger partial charge >= 0.3 is 0 Å². The summed E-state index contributed by atoms with van der Waals surface area (Å²) in [4.78, 5) is 0. The molecule has 4 heteroatoms. The van der Waals surface area contributed by atoms with Gasteiger partial charge in [0, 0.05) is 13.2 Å². The third-order valence-electron chi connectivity index (χ3n) is 3.49. The summed E-state index contributed by atoms with van der Waals surface area (Å²) in [6, 6.07) is 5.55.